The van der Waals surface area contributed by atoms with Crippen molar-refractivity contribution in [3.63, 3.8) is 0 Å². The monoisotopic (exact) mass is 287 g/mol. The van der Waals surface area contributed by atoms with Gasteiger partial charge in [0.15, 0.2) is 11.5 Å². The number of fused-ring (bicyclic) bond motifs is 1. The molecule has 0 aliphatic heterocycles. The Hall–Kier alpha value is -2.27. The lowest BCUT2D eigenvalue weighted by Crippen LogP contribution is -2.10. The third kappa shape index (κ3) is 1.96. The van der Waals surface area contributed by atoms with E-state index in [9.17, 15) is 4.79 Å². The van der Waals surface area contributed by atoms with Gasteiger partial charge in [-0.05, 0) is 24.3 Å². The zero-order valence-corrected chi connectivity index (χ0v) is 11.9. The summed E-state index contributed by atoms with van der Waals surface area (Å²) < 4.78 is 13.1. The molecule has 0 aliphatic carbocycles. The van der Waals surface area contributed by atoms with Gasteiger partial charge in [0.05, 0.1) is 30.0 Å². The van der Waals surface area contributed by atoms with Crippen LogP contribution in [-0.4, -0.2) is 18.2 Å². The van der Waals surface area contributed by atoms with E-state index < -0.39 is 0 Å². The molecule has 102 valence electrons. The van der Waals surface area contributed by atoms with E-state index in [-0.39, 0.29) is 5.56 Å². The molecule has 1 aromatic heterocycles. The SMILES string of the molecule is COc1ccc(-n2sc3ccccc3c2=O)cc1OC. The minimum Gasteiger partial charge on any atom is -0.493 e. The minimum atomic E-state index is -0.0159. The van der Waals surface area contributed by atoms with Crippen LogP contribution in [0.5, 0.6) is 11.5 Å². The second kappa shape index (κ2) is 5.02. The number of ether oxygens (including phenoxy) is 2. The third-order valence-corrected chi connectivity index (χ3v) is 4.21. The van der Waals surface area contributed by atoms with E-state index in [4.69, 9.17) is 9.47 Å². The van der Waals surface area contributed by atoms with Gasteiger partial charge in [0.25, 0.3) is 5.56 Å². The molecule has 20 heavy (non-hydrogen) atoms. The molecule has 0 atom stereocenters. The second-order valence-electron chi connectivity index (χ2n) is 4.23. The maximum atomic E-state index is 12.4. The van der Waals surface area contributed by atoms with Crippen LogP contribution >= 0.6 is 11.5 Å². The lowest BCUT2D eigenvalue weighted by atomic mass is 10.2. The van der Waals surface area contributed by atoms with Gasteiger partial charge in [-0.15, -0.1) is 0 Å². The summed E-state index contributed by atoms with van der Waals surface area (Å²) in [6.07, 6.45) is 0. The number of hydrogen-bond acceptors (Lipinski definition) is 4. The van der Waals surface area contributed by atoms with Crippen LogP contribution in [0, 0.1) is 0 Å². The summed E-state index contributed by atoms with van der Waals surface area (Å²) in [6.45, 7) is 0. The van der Waals surface area contributed by atoms with Crippen molar-refractivity contribution < 1.29 is 9.47 Å². The quantitative estimate of drug-likeness (QED) is 0.743. The lowest BCUT2D eigenvalue weighted by Gasteiger charge is -2.09. The summed E-state index contributed by atoms with van der Waals surface area (Å²) in [5.41, 5.74) is 0.756. The predicted octanol–water partition coefficient (Wildman–Crippen LogP) is 3.07. The first-order chi connectivity index (χ1) is 9.74. The smallest absolute Gasteiger partial charge is 0.273 e. The summed E-state index contributed by atoms with van der Waals surface area (Å²) in [6, 6.07) is 13.0. The number of nitrogens with zero attached hydrogens (tertiary/aromatic N) is 1. The first-order valence-corrected chi connectivity index (χ1v) is 6.85. The Bertz CT molecular complexity index is 819. The maximum absolute atomic E-state index is 12.4. The number of benzene rings is 2. The van der Waals surface area contributed by atoms with Crippen molar-refractivity contribution in [2.24, 2.45) is 0 Å². The molecule has 0 radical (unpaired) electrons. The Morgan fingerprint density at radius 3 is 2.45 bits per heavy atom. The molecule has 0 saturated carbocycles. The average molecular weight is 287 g/mol. The molecular formula is C15H13NO3S. The summed E-state index contributed by atoms with van der Waals surface area (Å²) in [7, 11) is 3.17. The van der Waals surface area contributed by atoms with Gasteiger partial charge < -0.3 is 9.47 Å². The molecule has 0 bridgehead atoms. The molecule has 3 rings (SSSR count). The second-order valence-corrected chi connectivity index (χ2v) is 5.21. The molecule has 0 unspecified atom stereocenters. The van der Waals surface area contributed by atoms with Crippen LogP contribution in [0.15, 0.2) is 47.3 Å². The van der Waals surface area contributed by atoms with Gasteiger partial charge in [0.1, 0.15) is 0 Å². The largest absolute Gasteiger partial charge is 0.493 e. The Labute approximate surface area is 119 Å². The highest BCUT2D eigenvalue weighted by molar-refractivity contribution is 7.14. The van der Waals surface area contributed by atoms with Crippen molar-refractivity contribution in [1.82, 2.24) is 3.96 Å². The highest BCUT2D eigenvalue weighted by Crippen LogP contribution is 2.30. The molecule has 1 heterocycles. The Kier molecular flexibility index (Phi) is 3.20. The number of methoxy groups -OCH3 is 2. The van der Waals surface area contributed by atoms with E-state index in [1.807, 2.05) is 30.3 Å². The van der Waals surface area contributed by atoms with Crippen LogP contribution in [0.1, 0.15) is 0 Å². The Morgan fingerprint density at radius 1 is 1.00 bits per heavy atom. The topological polar surface area (TPSA) is 40.5 Å². The minimum absolute atomic E-state index is 0.0159. The molecule has 0 N–H and O–H groups in total. The van der Waals surface area contributed by atoms with Crippen molar-refractivity contribution in [3.05, 3.63) is 52.8 Å². The molecule has 4 nitrogen and oxygen atoms in total. The van der Waals surface area contributed by atoms with E-state index in [0.29, 0.717) is 11.5 Å². The first kappa shape index (κ1) is 12.7. The van der Waals surface area contributed by atoms with Crippen LogP contribution in [0.4, 0.5) is 0 Å². The van der Waals surface area contributed by atoms with E-state index in [1.54, 1.807) is 30.3 Å². The predicted molar refractivity (Wildman–Crippen MR) is 80.5 cm³/mol. The fourth-order valence-electron chi connectivity index (χ4n) is 2.09. The molecule has 0 spiro atoms. The van der Waals surface area contributed by atoms with Crippen LogP contribution in [-0.2, 0) is 0 Å². The summed E-state index contributed by atoms with van der Waals surface area (Å²) in [5, 5.41) is 0.729. The number of hydrogen-bond donors (Lipinski definition) is 0. The van der Waals surface area contributed by atoms with Crippen LogP contribution in [0.3, 0.4) is 0 Å². The third-order valence-electron chi connectivity index (χ3n) is 3.09. The number of aromatic nitrogens is 1. The van der Waals surface area contributed by atoms with Gasteiger partial charge in [-0.25, -0.2) is 3.96 Å². The zero-order valence-electron chi connectivity index (χ0n) is 11.1. The number of rotatable bonds is 3. The van der Waals surface area contributed by atoms with Gasteiger partial charge >= 0.3 is 0 Å². The van der Waals surface area contributed by atoms with Gasteiger partial charge in [-0.1, -0.05) is 23.7 Å². The fraction of sp³-hybridized carbons (Fsp3) is 0.133. The molecular weight excluding hydrogens is 274 g/mol. The standard InChI is InChI=1S/C15H13NO3S/c1-18-12-8-7-10(9-13(12)19-2)16-15(17)11-5-3-4-6-14(11)20-16/h3-9H,1-2H3. The van der Waals surface area contributed by atoms with Gasteiger partial charge in [-0.3, -0.25) is 4.79 Å². The van der Waals surface area contributed by atoms with E-state index in [0.717, 1.165) is 15.8 Å². The highest BCUT2D eigenvalue weighted by Gasteiger charge is 2.11. The van der Waals surface area contributed by atoms with E-state index in [1.165, 1.54) is 11.5 Å². The summed E-state index contributed by atoms with van der Waals surface area (Å²) >= 11 is 1.42. The van der Waals surface area contributed by atoms with Crippen LogP contribution in [0.2, 0.25) is 0 Å². The first-order valence-electron chi connectivity index (χ1n) is 6.08. The van der Waals surface area contributed by atoms with Crippen molar-refractivity contribution in [2.45, 2.75) is 0 Å². The normalized spacial score (nSPS) is 10.7. The maximum Gasteiger partial charge on any atom is 0.273 e. The lowest BCUT2D eigenvalue weighted by molar-refractivity contribution is 0.355. The van der Waals surface area contributed by atoms with Gasteiger partial charge in [-0.2, -0.15) is 0 Å². The Balaban J connectivity index is 2.20. The zero-order chi connectivity index (χ0) is 14.1. The molecule has 3 aromatic rings. The highest BCUT2D eigenvalue weighted by atomic mass is 32.1. The molecule has 0 amide bonds. The van der Waals surface area contributed by atoms with Crippen LogP contribution in [0.25, 0.3) is 15.8 Å². The molecule has 0 saturated heterocycles. The summed E-state index contributed by atoms with van der Waals surface area (Å²) in [5.74, 6) is 1.25. The van der Waals surface area contributed by atoms with Crippen LogP contribution < -0.4 is 15.0 Å². The van der Waals surface area contributed by atoms with Gasteiger partial charge in [0, 0.05) is 6.07 Å². The molecule has 2 aromatic carbocycles. The van der Waals surface area contributed by atoms with Crippen molar-refractivity contribution in [3.8, 4) is 17.2 Å². The van der Waals surface area contributed by atoms with Crippen molar-refractivity contribution >= 4 is 21.6 Å². The van der Waals surface area contributed by atoms with E-state index in [2.05, 4.69) is 0 Å². The van der Waals surface area contributed by atoms with Crippen molar-refractivity contribution in [1.29, 1.82) is 0 Å². The van der Waals surface area contributed by atoms with Gasteiger partial charge in [0.2, 0.25) is 0 Å². The molecule has 5 heteroatoms. The fourth-order valence-corrected chi connectivity index (χ4v) is 3.08. The summed E-state index contributed by atoms with van der Waals surface area (Å²) in [4.78, 5) is 12.4. The molecule has 0 aliphatic rings. The Morgan fingerprint density at radius 2 is 1.75 bits per heavy atom. The van der Waals surface area contributed by atoms with E-state index >= 15 is 0 Å². The molecule has 0 fully saturated rings. The van der Waals surface area contributed by atoms with Crippen molar-refractivity contribution in [2.75, 3.05) is 14.2 Å². The average Bonchev–Trinajstić information content (AvgIpc) is 2.84.